The lowest BCUT2D eigenvalue weighted by atomic mass is 10.1. The first-order chi connectivity index (χ1) is 7.62. The van der Waals surface area contributed by atoms with Crippen LogP contribution in [0.3, 0.4) is 0 Å². The predicted molar refractivity (Wildman–Crippen MR) is 64.8 cm³/mol. The SMILES string of the molecule is CN(C1CCCNC1)S(=O)(=O)C1CCCC1. The van der Waals surface area contributed by atoms with E-state index in [1.807, 2.05) is 0 Å². The number of sulfonamides is 1. The highest BCUT2D eigenvalue weighted by molar-refractivity contribution is 7.89. The van der Waals surface area contributed by atoms with Gasteiger partial charge in [-0.25, -0.2) is 12.7 Å². The summed E-state index contributed by atoms with van der Waals surface area (Å²) in [7, 11) is -1.29. The van der Waals surface area contributed by atoms with E-state index in [0.717, 1.165) is 51.6 Å². The minimum atomic E-state index is -3.04. The second-order valence-electron chi connectivity index (χ2n) is 4.97. The summed E-state index contributed by atoms with van der Waals surface area (Å²) in [5.41, 5.74) is 0. The molecule has 1 atom stereocenters. The summed E-state index contributed by atoms with van der Waals surface area (Å²) in [6.07, 6.45) is 5.92. The summed E-state index contributed by atoms with van der Waals surface area (Å²) in [4.78, 5) is 0. The molecule has 1 unspecified atom stereocenters. The zero-order valence-electron chi connectivity index (χ0n) is 9.98. The Balaban J connectivity index is 2.03. The summed E-state index contributed by atoms with van der Waals surface area (Å²) in [5.74, 6) is 0. The van der Waals surface area contributed by atoms with Crippen molar-refractivity contribution >= 4 is 10.0 Å². The number of piperidine rings is 1. The van der Waals surface area contributed by atoms with Crippen molar-refractivity contribution in [1.82, 2.24) is 9.62 Å². The number of rotatable bonds is 3. The van der Waals surface area contributed by atoms with E-state index in [-0.39, 0.29) is 11.3 Å². The Morgan fingerprint density at radius 2 is 1.81 bits per heavy atom. The molecule has 16 heavy (non-hydrogen) atoms. The van der Waals surface area contributed by atoms with E-state index in [1.54, 1.807) is 11.4 Å². The Bertz CT molecular complexity index is 317. The maximum absolute atomic E-state index is 12.3. The van der Waals surface area contributed by atoms with Crippen LogP contribution in [0.2, 0.25) is 0 Å². The minimum Gasteiger partial charge on any atom is -0.315 e. The zero-order valence-corrected chi connectivity index (χ0v) is 10.8. The molecule has 0 aromatic carbocycles. The van der Waals surface area contributed by atoms with Gasteiger partial charge in [0.05, 0.1) is 5.25 Å². The Morgan fingerprint density at radius 3 is 2.38 bits per heavy atom. The molecule has 5 heteroatoms. The first-order valence-corrected chi connectivity index (χ1v) is 7.80. The molecule has 1 heterocycles. The van der Waals surface area contributed by atoms with E-state index < -0.39 is 10.0 Å². The number of nitrogens with one attached hydrogen (secondary N) is 1. The van der Waals surface area contributed by atoms with Crippen molar-refractivity contribution < 1.29 is 8.42 Å². The highest BCUT2D eigenvalue weighted by Gasteiger charge is 2.35. The van der Waals surface area contributed by atoms with Gasteiger partial charge in [-0.15, -0.1) is 0 Å². The largest absolute Gasteiger partial charge is 0.315 e. The van der Waals surface area contributed by atoms with Crippen LogP contribution in [0.5, 0.6) is 0 Å². The highest BCUT2D eigenvalue weighted by Crippen LogP contribution is 2.28. The van der Waals surface area contributed by atoms with Crippen LogP contribution in [0.4, 0.5) is 0 Å². The third kappa shape index (κ3) is 2.41. The van der Waals surface area contributed by atoms with Crippen LogP contribution in [0.25, 0.3) is 0 Å². The van der Waals surface area contributed by atoms with Gasteiger partial charge < -0.3 is 5.32 Å². The zero-order chi connectivity index (χ0) is 11.6. The molecule has 0 aromatic heterocycles. The molecule has 1 aliphatic heterocycles. The van der Waals surface area contributed by atoms with Gasteiger partial charge in [-0.05, 0) is 32.2 Å². The van der Waals surface area contributed by atoms with Crippen LogP contribution in [-0.4, -0.2) is 44.2 Å². The summed E-state index contributed by atoms with van der Waals surface area (Å²) in [6.45, 7) is 1.83. The van der Waals surface area contributed by atoms with Gasteiger partial charge in [-0.2, -0.15) is 0 Å². The summed E-state index contributed by atoms with van der Waals surface area (Å²) < 4.78 is 26.3. The lowest BCUT2D eigenvalue weighted by molar-refractivity contribution is 0.297. The van der Waals surface area contributed by atoms with Gasteiger partial charge in [0.2, 0.25) is 10.0 Å². The Hall–Kier alpha value is -0.130. The predicted octanol–water partition coefficient (Wildman–Crippen LogP) is 0.943. The first kappa shape index (κ1) is 12.3. The highest BCUT2D eigenvalue weighted by atomic mass is 32.2. The molecule has 1 saturated carbocycles. The molecule has 1 aliphatic carbocycles. The topological polar surface area (TPSA) is 49.4 Å². The fraction of sp³-hybridized carbons (Fsp3) is 1.00. The monoisotopic (exact) mass is 246 g/mol. The quantitative estimate of drug-likeness (QED) is 0.806. The van der Waals surface area contributed by atoms with E-state index >= 15 is 0 Å². The molecular weight excluding hydrogens is 224 g/mol. The molecule has 94 valence electrons. The van der Waals surface area contributed by atoms with Crippen molar-refractivity contribution in [3.63, 3.8) is 0 Å². The van der Waals surface area contributed by atoms with Crippen molar-refractivity contribution in [3.8, 4) is 0 Å². The maximum atomic E-state index is 12.3. The third-order valence-electron chi connectivity index (χ3n) is 3.91. The van der Waals surface area contributed by atoms with Gasteiger partial charge in [0.25, 0.3) is 0 Å². The van der Waals surface area contributed by atoms with Gasteiger partial charge >= 0.3 is 0 Å². The average Bonchev–Trinajstić information content (AvgIpc) is 2.83. The third-order valence-corrected chi connectivity index (χ3v) is 6.32. The fourth-order valence-electron chi connectivity index (χ4n) is 2.77. The normalized spacial score (nSPS) is 28.8. The second kappa shape index (κ2) is 5.02. The van der Waals surface area contributed by atoms with E-state index in [0.29, 0.717) is 0 Å². The number of hydrogen-bond donors (Lipinski definition) is 1. The fourth-order valence-corrected chi connectivity index (χ4v) is 4.77. The minimum absolute atomic E-state index is 0.112. The summed E-state index contributed by atoms with van der Waals surface area (Å²) >= 11 is 0. The second-order valence-corrected chi connectivity index (χ2v) is 7.24. The summed E-state index contributed by atoms with van der Waals surface area (Å²) in [5, 5.41) is 3.16. The molecule has 0 bridgehead atoms. The van der Waals surface area contributed by atoms with Crippen LogP contribution in [0.1, 0.15) is 38.5 Å². The average molecular weight is 246 g/mol. The lowest BCUT2D eigenvalue weighted by Gasteiger charge is -2.32. The molecule has 2 aliphatic rings. The number of nitrogens with zero attached hydrogens (tertiary/aromatic N) is 1. The van der Waals surface area contributed by atoms with E-state index in [2.05, 4.69) is 5.32 Å². The standard InChI is InChI=1S/C11H22N2O2S/c1-13(10-5-4-8-12-9-10)16(14,15)11-6-2-3-7-11/h10-12H,2-9H2,1H3. The Morgan fingerprint density at radius 1 is 1.12 bits per heavy atom. The van der Waals surface area contributed by atoms with Crippen molar-refractivity contribution in [1.29, 1.82) is 0 Å². The van der Waals surface area contributed by atoms with Crippen molar-refractivity contribution in [2.45, 2.75) is 49.8 Å². The molecule has 1 saturated heterocycles. The number of likely N-dealkylation sites (N-methyl/N-ethyl adjacent to an activating group) is 1. The van der Waals surface area contributed by atoms with Gasteiger partial charge in [-0.1, -0.05) is 12.8 Å². The smallest absolute Gasteiger partial charge is 0.217 e. The van der Waals surface area contributed by atoms with Crippen LogP contribution in [0, 0.1) is 0 Å². The maximum Gasteiger partial charge on any atom is 0.217 e. The molecular formula is C11H22N2O2S. The molecule has 0 amide bonds. The first-order valence-electron chi connectivity index (χ1n) is 6.30. The summed E-state index contributed by atoms with van der Waals surface area (Å²) in [6, 6.07) is 0.166. The van der Waals surface area contributed by atoms with Crippen LogP contribution in [-0.2, 0) is 10.0 Å². The molecule has 0 radical (unpaired) electrons. The molecule has 1 N–H and O–H groups in total. The van der Waals surface area contributed by atoms with Gasteiger partial charge in [0.1, 0.15) is 0 Å². The molecule has 2 fully saturated rings. The van der Waals surface area contributed by atoms with E-state index in [1.165, 1.54) is 0 Å². The lowest BCUT2D eigenvalue weighted by Crippen LogP contribution is -2.48. The molecule has 0 aromatic rings. The molecule has 4 nitrogen and oxygen atoms in total. The molecule has 2 rings (SSSR count). The van der Waals surface area contributed by atoms with Crippen molar-refractivity contribution in [3.05, 3.63) is 0 Å². The van der Waals surface area contributed by atoms with Crippen LogP contribution in [0.15, 0.2) is 0 Å². The molecule has 0 spiro atoms. The van der Waals surface area contributed by atoms with Crippen molar-refractivity contribution in [2.24, 2.45) is 0 Å². The van der Waals surface area contributed by atoms with E-state index in [4.69, 9.17) is 0 Å². The van der Waals surface area contributed by atoms with Crippen LogP contribution < -0.4 is 5.32 Å². The number of hydrogen-bond acceptors (Lipinski definition) is 3. The van der Waals surface area contributed by atoms with Gasteiger partial charge in [-0.3, -0.25) is 0 Å². The van der Waals surface area contributed by atoms with E-state index in [9.17, 15) is 8.42 Å². The van der Waals surface area contributed by atoms with Crippen molar-refractivity contribution in [2.75, 3.05) is 20.1 Å². The van der Waals surface area contributed by atoms with Gasteiger partial charge in [0.15, 0.2) is 0 Å². The Kier molecular flexibility index (Phi) is 3.87. The van der Waals surface area contributed by atoms with Crippen LogP contribution >= 0.6 is 0 Å². The van der Waals surface area contributed by atoms with Gasteiger partial charge in [0, 0.05) is 19.6 Å². The Labute approximate surface area is 98.4 Å².